The van der Waals surface area contributed by atoms with Crippen molar-refractivity contribution in [3.63, 3.8) is 0 Å². The van der Waals surface area contributed by atoms with Crippen molar-refractivity contribution in [1.29, 1.82) is 0 Å². The first-order valence-corrected chi connectivity index (χ1v) is 9.65. The van der Waals surface area contributed by atoms with Gasteiger partial charge in [0.2, 0.25) is 0 Å². The second kappa shape index (κ2) is 6.59. The molecule has 6 heteroatoms. The Morgan fingerprint density at radius 2 is 1.81 bits per heavy atom. The van der Waals surface area contributed by atoms with E-state index in [-0.39, 0.29) is 24.3 Å². The molecule has 27 heavy (non-hydrogen) atoms. The quantitative estimate of drug-likeness (QED) is 0.804. The zero-order chi connectivity index (χ0) is 19.2. The van der Waals surface area contributed by atoms with Crippen molar-refractivity contribution in [3.8, 4) is 0 Å². The van der Waals surface area contributed by atoms with Crippen molar-refractivity contribution >= 4 is 11.9 Å². The number of carbonyl (C=O) groups excluding carboxylic acids is 2. The molecule has 0 aromatic heterocycles. The lowest BCUT2D eigenvalue weighted by Gasteiger charge is -2.58. The smallest absolute Gasteiger partial charge is 0.312 e. The van der Waals surface area contributed by atoms with Crippen molar-refractivity contribution in [2.45, 2.75) is 50.7 Å². The fraction of sp³-hybridized carbons (Fsp3) is 0.619. The van der Waals surface area contributed by atoms with Gasteiger partial charge in [-0.2, -0.15) is 0 Å². The first-order valence-electron chi connectivity index (χ1n) is 9.65. The Morgan fingerprint density at radius 3 is 2.41 bits per heavy atom. The maximum atomic E-state index is 13.0. The minimum absolute atomic E-state index is 0.295. The molecule has 1 aromatic carbocycles. The van der Waals surface area contributed by atoms with Gasteiger partial charge in [-0.15, -0.1) is 0 Å². The molecule has 1 amide bonds. The van der Waals surface area contributed by atoms with E-state index in [0.717, 1.165) is 37.7 Å². The Hall–Kier alpha value is -1.95. The van der Waals surface area contributed by atoms with Crippen molar-refractivity contribution in [2.75, 3.05) is 13.7 Å². The molecule has 0 heterocycles. The maximum Gasteiger partial charge on any atom is 0.312 e. The number of rotatable bonds is 5. The van der Waals surface area contributed by atoms with Gasteiger partial charge in [-0.3, -0.25) is 9.59 Å². The highest BCUT2D eigenvalue weighted by atomic mass is 19.1. The molecule has 5 nitrogen and oxygen atoms in total. The third-order valence-electron chi connectivity index (χ3n) is 6.55. The highest BCUT2D eigenvalue weighted by molar-refractivity contribution is 5.83. The van der Waals surface area contributed by atoms with E-state index in [2.05, 4.69) is 0 Å². The molecule has 4 aliphatic rings. The molecule has 0 spiro atoms. The van der Waals surface area contributed by atoms with Gasteiger partial charge in [-0.25, -0.2) is 4.39 Å². The third-order valence-corrected chi connectivity index (χ3v) is 6.55. The van der Waals surface area contributed by atoms with Crippen LogP contribution in [-0.2, 0) is 20.9 Å². The summed E-state index contributed by atoms with van der Waals surface area (Å²) in [5.41, 5.74) is -0.539. The summed E-state index contributed by atoms with van der Waals surface area (Å²) >= 11 is 0. The largest absolute Gasteiger partial charge is 0.455 e. The number of halogens is 1. The monoisotopic (exact) mass is 375 g/mol. The topological polar surface area (TPSA) is 66.8 Å². The van der Waals surface area contributed by atoms with Crippen LogP contribution < -0.4 is 0 Å². The van der Waals surface area contributed by atoms with Crippen LogP contribution >= 0.6 is 0 Å². The average Bonchev–Trinajstić information content (AvgIpc) is 2.59. The highest BCUT2D eigenvalue weighted by Crippen LogP contribution is 2.61. The Balaban J connectivity index is 1.33. The lowest BCUT2D eigenvalue weighted by molar-refractivity contribution is -0.196. The van der Waals surface area contributed by atoms with E-state index in [4.69, 9.17) is 4.74 Å². The van der Waals surface area contributed by atoms with Crippen molar-refractivity contribution in [1.82, 2.24) is 4.90 Å². The van der Waals surface area contributed by atoms with Crippen molar-refractivity contribution < 1.29 is 23.8 Å². The van der Waals surface area contributed by atoms with Gasteiger partial charge in [-0.05, 0) is 68.1 Å². The van der Waals surface area contributed by atoms with Gasteiger partial charge < -0.3 is 14.7 Å². The van der Waals surface area contributed by atoms with Gasteiger partial charge in [0.25, 0.3) is 5.91 Å². The second-order valence-corrected chi connectivity index (χ2v) is 8.92. The third kappa shape index (κ3) is 3.59. The predicted molar refractivity (Wildman–Crippen MR) is 95.9 cm³/mol. The van der Waals surface area contributed by atoms with Gasteiger partial charge in [0.1, 0.15) is 5.82 Å². The van der Waals surface area contributed by atoms with Crippen molar-refractivity contribution in [3.05, 3.63) is 35.6 Å². The number of amides is 1. The lowest BCUT2D eigenvalue weighted by atomic mass is 9.48. The van der Waals surface area contributed by atoms with Crippen LogP contribution in [-0.4, -0.2) is 41.1 Å². The molecular formula is C21H26FNO4. The van der Waals surface area contributed by atoms with Crippen LogP contribution in [0, 0.1) is 23.1 Å². The molecule has 4 saturated carbocycles. The van der Waals surface area contributed by atoms with Crippen LogP contribution in [0.1, 0.15) is 44.1 Å². The summed E-state index contributed by atoms with van der Waals surface area (Å²) in [7, 11) is 1.63. The highest BCUT2D eigenvalue weighted by Gasteiger charge is 2.60. The minimum atomic E-state index is -0.730. The number of benzene rings is 1. The zero-order valence-corrected chi connectivity index (χ0v) is 15.6. The van der Waals surface area contributed by atoms with Crippen LogP contribution in [0.5, 0.6) is 0 Å². The van der Waals surface area contributed by atoms with E-state index in [9.17, 15) is 19.1 Å². The molecule has 4 fully saturated rings. The number of aliphatic hydroxyl groups is 1. The van der Waals surface area contributed by atoms with E-state index < -0.39 is 11.0 Å². The van der Waals surface area contributed by atoms with Crippen LogP contribution in [0.2, 0.25) is 0 Å². The Morgan fingerprint density at radius 1 is 1.19 bits per heavy atom. The van der Waals surface area contributed by atoms with Crippen LogP contribution in [0.4, 0.5) is 4.39 Å². The molecule has 5 rings (SSSR count). The Kier molecular flexibility index (Phi) is 4.49. The molecule has 2 atom stereocenters. The summed E-state index contributed by atoms with van der Waals surface area (Å²) in [4.78, 5) is 26.6. The van der Waals surface area contributed by atoms with Gasteiger partial charge in [0.15, 0.2) is 6.61 Å². The normalized spacial score (nSPS) is 33.7. The summed E-state index contributed by atoms with van der Waals surface area (Å²) in [5, 5.41) is 10.8. The number of nitrogens with zero attached hydrogens (tertiary/aromatic N) is 1. The van der Waals surface area contributed by atoms with E-state index in [1.165, 1.54) is 17.0 Å². The lowest BCUT2D eigenvalue weighted by Crippen LogP contribution is -2.58. The summed E-state index contributed by atoms with van der Waals surface area (Å²) in [6.45, 7) is 0.0255. The summed E-state index contributed by atoms with van der Waals surface area (Å²) in [6.07, 6.45) is 4.67. The molecule has 146 valence electrons. The average molecular weight is 375 g/mol. The molecule has 2 unspecified atom stereocenters. The fourth-order valence-electron chi connectivity index (χ4n) is 5.80. The number of hydrogen-bond acceptors (Lipinski definition) is 4. The maximum absolute atomic E-state index is 13.0. The van der Waals surface area contributed by atoms with Gasteiger partial charge >= 0.3 is 5.97 Å². The summed E-state index contributed by atoms with van der Waals surface area (Å²) < 4.78 is 18.4. The van der Waals surface area contributed by atoms with E-state index >= 15 is 0 Å². The molecule has 4 aliphatic carbocycles. The van der Waals surface area contributed by atoms with E-state index in [1.807, 2.05) is 0 Å². The molecule has 1 aromatic rings. The standard InChI is InChI=1S/C21H26FNO4/c1-23(11-14-2-4-17(22)5-3-14)18(24)12-27-19(25)20-7-15-6-16(8-20)10-21(26,9-15)13-20/h2-5,15-16,26H,6-13H2,1H3. The molecule has 0 aliphatic heterocycles. The number of carbonyl (C=O) groups is 2. The van der Waals surface area contributed by atoms with Crippen LogP contribution in [0.15, 0.2) is 24.3 Å². The molecule has 1 N–H and O–H groups in total. The minimum Gasteiger partial charge on any atom is -0.455 e. The molecule has 0 radical (unpaired) electrons. The first kappa shape index (κ1) is 18.4. The van der Waals surface area contributed by atoms with E-state index in [1.54, 1.807) is 19.2 Å². The summed E-state index contributed by atoms with van der Waals surface area (Å²) in [6, 6.07) is 5.96. The van der Waals surface area contributed by atoms with E-state index in [0.29, 0.717) is 24.8 Å². The van der Waals surface area contributed by atoms with Gasteiger partial charge in [0.05, 0.1) is 11.0 Å². The number of esters is 1. The number of hydrogen-bond donors (Lipinski definition) is 1. The van der Waals surface area contributed by atoms with Gasteiger partial charge in [-0.1, -0.05) is 12.1 Å². The Bertz CT molecular complexity index is 733. The predicted octanol–water partition coefficient (Wildman–Crippen LogP) is 2.66. The fourth-order valence-corrected chi connectivity index (χ4v) is 5.80. The Labute approximate surface area is 158 Å². The second-order valence-electron chi connectivity index (χ2n) is 8.92. The first-order chi connectivity index (χ1) is 12.8. The summed E-state index contributed by atoms with van der Waals surface area (Å²) in [5.74, 6) is -0.171. The van der Waals surface area contributed by atoms with Crippen LogP contribution in [0.3, 0.4) is 0 Å². The van der Waals surface area contributed by atoms with Crippen molar-refractivity contribution in [2.24, 2.45) is 17.3 Å². The molecule has 4 bridgehead atoms. The molecular weight excluding hydrogens is 349 g/mol. The zero-order valence-electron chi connectivity index (χ0n) is 15.6. The van der Waals surface area contributed by atoms with Gasteiger partial charge in [0, 0.05) is 13.6 Å². The molecule has 0 saturated heterocycles. The number of ether oxygens (including phenoxy) is 1. The van der Waals surface area contributed by atoms with Crippen LogP contribution in [0.25, 0.3) is 0 Å². The SMILES string of the molecule is CN(Cc1ccc(F)cc1)C(=O)COC(=O)C12CC3CC(CC(O)(C3)C1)C2. The number of likely N-dealkylation sites (N-methyl/N-ethyl adjacent to an activating group) is 1.